The highest BCUT2D eigenvalue weighted by Crippen LogP contribution is 2.33. The standard InChI is InChI=1S/C26H23ClF3N3O2/c1-3-24(34)21-8-7-17(11-16(21)2)23-14-32-25-22(31-10-9-26(28,29)30)13-20(15-33(23)25)35-19-6-4-5-18(27)12-19/h4-8,11-15,31H,3,9-10H2,1-2H3. The number of carbonyl (C=O) groups is 1. The number of anilines is 1. The van der Waals surface area contributed by atoms with Gasteiger partial charge in [-0.25, -0.2) is 4.98 Å². The van der Waals surface area contributed by atoms with Gasteiger partial charge in [-0.05, 0) is 36.8 Å². The summed E-state index contributed by atoms with van der Waals surface area (Å²) in [5.41, 5.74) is 3.85. The minimum Gasteiger partial charge on any atom is -0.456 e. The van der Waals surface area contributed by atoms with Crippen molar-refractivity contribution in [1.82, 2.24) is 9.38 Å². The summed E-state index contributed by atoms with van der Waals surface area (Å²) >= 11 is 6.06. The molecule has 4 aromatic rings. The van der Waals surface area contributed by atoms with Gasteiger partial charge in [0, 0.05) is 35.2 Å². The number of pyridine rings is 1. The predicted octanol–water partition coefficient (Wildman–Crippen LogP) is 7.71. The molecule has 0 radical (unpaired) electrons. The smallest absolute Gasteiger partial charge is 0.390 e. The number of carbonyl (C=O) groups excluding carboxylic acids is 1. The molecule has 2 heterocycles. The number of nitrogens with one attached hydrogen (secondary N) is 1. The summed E-state index contributed by atoms with van der Waals surface area (Å²) in [6.07, 6.45) is -1.50. The van der Waals surface area contributed by atoms with Crippen LogP contribution in [-0.4, -0.2) is 27.9 Å². The Morgan fingerprint density at radius 2 is 1.94 bits per heavy atom. The molecule has 0 bridgehead atoms. The molecule has 2 aromatic carbocycles. The third-order valence-corrected chi connectivity index (χ3v) is 5.72. The number of halogens is 4. The second kappa shape index (κ2) is 10.00. The average molecular weight is 502 g/mol. The van der Waals surface area contributed by atoms with Crippen LogP contribution in [0.15, 0.2) is 60.9 Å². The number of alkyl halides is 3. The van der Waals surface area contributed by atoms with Gasteiger partial charge in [0.05, 0.1) is 30.2 Å². The van der Waals surface area contributed by atoms with E-state index in [1.807, 2.05) is 26.0 Å². The van der Waals surface area contributed by atoms with Crippen molar-refractivity contribution in [3.63, 3.8) is 0 Å². The van der Waals surface area contributed by atoms with E-state index in [1.54, 1.807) is 53.2 Å². The highest BCUT2D eigenvalue weighted by molar-refractivity contribution is 6.30. The van der Waals surface area contributed by atoms with E-state index in [2.05, 4.69) is 10.3 Å². The van der Waals surface area contributed by atoms with Crippen molar-refractivity contribution < 1.29 is 22.7 Å². The van der Waals surface area contributed by atoms with Crippen molar-refractivity contribution in [2.45, 2.75) is 32.9 Å². The number of Topliss-reactive ketones (excluding diaryl/α,β-unsaturated/α-hetero) is 1. The van der Waals surface area contributed by atoms with Gasteiger partial charge in [0.25, 0.3) is 0 Å². The average Bonchev–Trinajstić information content (AvgIpc) is 3.22. The zero-order valence-electron chi connectivity index (χ0n) is 19.1. The van der Waals surface area contributed by atoms with Gasteiger partial charge in [0.2, 0.25) is 0 Å². The Morgan fingerprint density at radius 1 is 1.14 bits per heavy atom. The number of hydrogen-bond donors (Lipinski definition) is 1. The summed E-state index contributed by atoms with van der Waals surface area (Å²) in [7, 11) is 0. The molecule has 182 valence electrons. The minimum atomic E-state index is -4.28. The molecule has 9 heteroatoms. The molecule has 1 N–H and O–H groups in total. The summed E-state index contributed by atoms with van der Waals surface area (Å²) in [5, 5.41) is 3.33. The first-order valence-electron chi connectivity index (χ1n) is 11.0. The lowest BCUT2D eigenvalue weighted by Crippen LogP contribution is -2.15. The Bertz CT molecular complexity index is 1380. The molecule has 0 aliphatic rings. The molecule has 4 rings (SSSR count). The second-order valence-electron chi connectivity index (χ2n) is 8.08. The molecule has 2 aromatic heterocycles. The lowest BCUT2D eigenvalue weighted by atomic mass is 9.99. The first-order valence-corrected chi connectivity index (χ1v) is 11.4. The third kappa shape index (κ3) is 5.77. The van der Waals surface area contributed by atoms with E-state index in [1.165, 1.54) is 0 Å². The highest BCUT2D eigenvalue weighted by atomic mass is 35.5. The van der Waals surface area contributed by atoms with Crippen LogP contribution in [0.5, 0.6) is 11.5 Å². The number of fused-ring (bicyclic) bond motifs is 1. The van der Waals surface area contributed by atoms with Crippen LogP contribution < -0.4 is 10.1 Å². The van der Waals surface area contributed by atoms with Crippen molar-refractivity contribution >= 4 is 28.7 Å². The fourth-order valence-electron chi connectivity index (χ4n) is 3.79. The van der Waals surface area contributed by atoms with Crippen molar-refractivity contribution in [2.24, 2.45) is 0 Å². The van der Waals surface area contributed by atoms with Gasteiger partial charge in [0.1, 0.15) is 11.5 Å². The maximum atomic E-state index is 12.7. The van der Waals surface area contributed by atoms with Gasteiger partial charge >= 0.3 is 6.18 Å². The predicted molar refractivity (Wildman–Crippen MR) is 131 cm³/mol. The fourth-order valence-corrected chi connectivity index (χ4v) is 3.97. The fraction of sp³-hybridized carbons (Fsp3) is 0.231. The molecular formula is C26H23ClF3N3O2. The van der Waals surface area contributed by atoms with Gasteiger partial charge in [-0.3, -0.25) is 9.20 Å². The van der Waals surface area contributed by atoms with Gasteiger partial charge in [0.15, 0.2) is 11.4 Å². The second-order valence-corrected chi connectivity index (χ2v) is 8.52. The van der Waals surface area contributed by atoms with Crippen LogP contribution in [-0.2, 0) is 0 Å². The molecular weight excluding hydrogens is 479 g/mol. The number of ether oxygens (including phenoxy) is 1. The van der Waals surface area contributed by atoms with Gasteiger partial charge < -0.3 is 10.1 Å². The van der Waals surface area contributed by atoms with E-state index in [9.17, 15) is 18.0 Å². The number of rotatable bonds is 8. The topological polar surface area (TPSA) is 55.6 Å². The molecule has 0 aliphatic carbocycles. The van der Waals surface area contributed by atoms with Gasteiger partial charge in [-0.1, -0.05) is 36.7 Å². The molecule has 0 unspecified atom stereocenters. The van der Waals surface area contributed by atoms with E-state index < -0.39 is 12.6 Å². The van der Waals surface area contributed by atoms with E-state index in [0.717, 1.165) is 11.1 Å². The third-order valence-electron chi connectivity index (χ3n) is 5.48. The van der Waals surface area contributed by atoms with Crippen LogP contribution in [0.2, 0.25) is 5.02 Å². The minimum absolute atomic E-state index is 0.0561. The summed E-state index contributed by atoms with van der Waals surface area (Å²) < 4.78 is 45.9. The van der Waals surface area contributed by atoms with Crippen molar-refractivity contribution in [3.05, 3.63) is 77.1 Å². The maximum absolute atomic E-state index is 12.7. The first kappa shape index (κ1) is 24.6. The number of aromatic nitrogens is 2. The number of nitrogens with zero attached hydrogens (tertiary/aromatic N) is 2. The van der Waals surface area contributed by atoms with Crippen molar-refractivity contribution in [3.8, 4) is 22.8 Å². The van der Waals surface area contributed by atoms with Gasteiger partial charge in [-0.2, -0.15) is 13.2 Å². The summed E-state index contributed by atoms with van der Waals surface area (Å²) in [5.74, 6) is 0.932. The monoisotopic (exact) mass is 501 g/mol. The molecule has 0 aliphatic heterocycles. The molecule has 0 fully saturated rings. The van der Waals surface area contributed by atoms with Crippen LogP contribution in [0.4, 0.5) is 18.9 Å². The number of aryl methyl sites for hydroxylation is 1. The van der Waals surface area contributed by atoms with E-state index in [4.69, 9.17) is 16.3 Å². The molecule has 0 saturated heterocycles. The number of imidazole rings is 1. The lowest BCUT2D eigenvalue weighted by Gasteiger charge is -2.14. The molecule has 0 spiro atoms. The Morgan fingerprint density at radius 3 is 2.63 bits per heavy atom. The van der Waals surface area contributed by atoms with Crippen LogP contribution in [0.25, 0.3) is 16.9 Å². The number of hydrogen-bond acceptors (Lipinski definition) is 4. The summed E-state index contributed by atoms with van der Waals surface area (Å²) in [4.78, 5) is 16.6. The zero-order valence-corrected chi connectivity index (χ0v) is 19.9. The molecule has 5 nitrogen and oxygen atoms in total. The van der Waals surface area contributed by atoms with Crippen molar-refractivity contribution in [2.75, 3.05) is 11.9 Å². The highest BCUT2D eigenvalue weighted by Gasteiger charge is 2.26. The number of benzene rings is 2. The van der Waals surface area contributed by atoms with Crippen LogP contribution in [0, 0.1) is 6.92 Å². The molecule has 0 saturated carbocycles. The van der Waals surface area contributed by atoms with Gasteiger partial charge in [-0.15, -0.1) is 0 Å². The Labute approximate surface area is 205 Å². The largest absolute Gasteiger partial charge is 0.456 e. The molecule has 0 atom stereocenters. The van der Waals surface area contributed by atoms with E-state index in [-0.39, 0.29) is 12.3 Å². The molecule has 0 amide bonds. The maximum Gasteiger partial charge on any atom is 0.390 e. The van der Waals surface area contributed by atoms with Crippen LogP contribution in [0.3, 0.4) is 0 Å². The Balaban J connectivity index is 1.77. The summed E-state index contributed by atoms with van der Waals surface area (Å²) in [6, 6.07) is 13.9. The van der Waals surface area contributed by atoms with Crippen molar-refractivity contribution in [1.29, 1.82) is 0 Å². The molecule has 35 heavy (non-hydrogen) atoms. The van der Waals surface area contributed by atoms with Crippen LogP contribution in [0.1, 0.15) is 35.7 Å². The quantitative estimate of drug-likeness (QED) is 0.251. The Hall–Kier alpha value is -3.52. The Kier molecular flexibility index (Phi) is 7.03. The van der Waals surface area contributed by atoms with E-state index >= 15 is 0 Å². The van der Waals surface area contributed by atoms with E-state index in [0.29, 0.717) is 45.5 Å². The van der Waals surface area contributed by atoms with Crippen LogP contribution >= 0.6 is 11.6 Å². The normalized spacial score (nSPS) is 11.6. The lowest BCUT2D eigenvalue weighted by molar-refractivity contribution is -0.131. The first-order chi connectivity index (χ1) is 16.6. The zero-order chi connectivity index (χ0) is 25.2. The summed E-state index contributed by atoms with van der Waals surface area (Å²) in [6.45, 7) is 3.37. The number of ketones is 1. The SMILES string of the molecule is CCC(=O)c1ccc(-c2cnc3c(NCCC(F)(F)F)cc(Oc4cccc(Cl)c4)cn23)cc1C.